The molecule has 0 aromatic carbocycles. The number of hydrogen-bond acceptors (Lipinski definition) is 5. The van der Waals surface area contributed by atoms with Crippen molar-refractivity contribution in [3.63, 3.8) is 0 Å². The summed E-state index contributed by atoms with van der Waals surface area (Å²) >= 11 is 0. The minimum Gasteiger partial charge on any atom is -0.353 e. The third-order valence-electron chi connectivity index (χ3n) is 6.30. The standard InChI is InChI=1S/C23H34N6O/c1-6-17(5)29-21(18-7-8-18)19(14-24-29)23(30)28-11-9-27(10-12-28)20-13-16(4)25-22(26-20)15(2)3/h13-15,17-18H,6-12H2,1-5H3. The Kier molecular flexibility index (Phi) is 5.80. The molecule has 1 aliphatic carbocycles. The van der Waals surface area contributed by atoms with Crippen molar-refractivity contribution in [2.75, 3.05) is 31.1 Å². The number of nitrogens with zero attached hydrogens (tertiary/aromatic N) is 6. The van der Waals surface area contributed by atoms with E-state index >= 15 is 0 Å². The summed E-state index contributed by atoms with van der Waals surface area (Å²) in [5.74, 6) is 2.79. The van der Waals surface area contributed by atoms with Crippen molar-refractivity contribution in [3.8, 4) is 0 Å². The average Bonchev–Trinajstić information content (AvgIpc) is 3.50. The van der Waals surface area contributed by atoms with E-state index in [0.717, 1.165) is 48.1 Å². The third-order valence-corrected chi connectivity index (χ3v) is 6.30. The van der Waals surface area contributed by atoms with Crippen LogP contribution in [0.2, 0.25) is 0 Å². The molecule has 2 aromatic rings. The molecule has 2 aromatic heterocycles. The maximum atomic E-state index is 13.3. The fourth-order valence-electron chi connectivity index (χ4n) is 4.13. The normalized spacial score (nSPS) is 18.2. The van der Waals surface area contributed by atoms with Crippen LogP contribution in [0.1, 0.15) is 92.4 Å². The summed E-state index contributed by atoms with van der Waals surface area (Å²) in [6, 6.07) is 2.38. The first-order valence-electron chi connectivity index (χ1n) is 11.4. The van der Waals surface area contributed by atoms with Gasteiger partial charge in [0.2, 0.25) is 0 Å². The van der Waals surface area contributed by atoms with Crippen molar-refractivity contribution in [1.82, 2.24) is 24.6 Å². The summed E-state index contributed by atoms with van der Waals surface area (Å²) in [6.07, 6.45) is 5.16. The van der Waals surface area contributed by atoms with E-state index in [1.165, 1.54) is 12.8 Å². The molecule has 7 heteroatoms. The van der Waals surface area contributed by atoms with E-state index in [1.807, 2.05) is 17.9 Å². The molecule has 1 aliphatic heterocycles. The molecule has 1 saturated heterocycles. The van der Waals surface area contributed by atoms with Crippen molar-refractivity contribution < 1.29 is 4.79 Å². The maximum absolute atomic E-state index is 13.3. The molecule has 3 heterocycles. The molecule has 162 valence electrons. The van der Waals surface area contributed by atoms with Gasteiger partial charge in [-0.1, -0.05) is 20.8 Å². The zero-order valence-corrected chi connectivity index (χ0v) is 18.9. The molecule has 0 radical (unpaired) electrons. The van der Waals surface area contributed by atoms with E-state index < -0.39 is 0 Å². The number of piperazine rings is 1. The summed E-state index contributed by atoms with van der Waals surface area (Å²) in [5, 5.41) is 4.60. The zero-order chi connectivity index (χ0) is 21.4. The van der Waals surface area contributed by atoms with Crippen molar-refractivity contribution in [1.29, 1.82) is 0 Å². The molecular weight excluding hydrogens is 376 g/mol. The van der Waals surface area contributed by atoms with Gasteiger partial charge in [-0.05, 0) is 33.1 Å². The van der Waals surface area contributed by atoms with Crippen molar-refractivity contribution in [2.45, 2.75) is 71.8 Å². The van der Waals surface area contributed by atoms with Crippen molar-refractivity contribution in [2.24, 2.45) is 0 Å². The second-order valence-electron chi connectivity index (χ2n) is 9.08. The van der Waals surface area contributed by atoms with E-state index in [-0.39, 0.29) is 5.91 Å². The highest BCUT2D eigenvalue weighted by Crippen LogP contribution is 2.43. The number of carbonyl (C=O) groups is 1. The molecule has 1 saturated carbocycles. The molecule has 2 fully saturated rings. The van der Waals surface area contributed by atoms with Crippen LogP contribution in [0.3, 0.4) is 0 Å². The monoisotopic (exact) mass is 410 g/mol. The van der Waals surface area contributed by atoms with Crippen LogP contribution in [0, 0.1) is 6.92 Å². The van der Waals surface area contributed by atoms with Crippen LogP contribution < -0.4 is 4.90 Å². The van der Waals surface area contributed by atoms with Gasteiger partial charge in [-0.15, -0.1) is 0 Å². The lowest BCUT2D eigenvalue weighted by molar-refractivity contribution is 0.0745. The quantitative estimate of drug-likeness (QED) is 0.722. The van der Waals surface area contributed by atoms with Crippen molar-refractivity contribution in [3.05, 3.63) is 35.0 Å². The van der Waals surface area contributed by atoms with Crippen LogP contribution in [-0.4, -0.2) is 56.7 Å². The summed E-state index contributed by atoms with van der Waals surface area (Å²) in [6.45, 7) is 13.6. The fourth-order valence-corrected chi connectivity index (χ4v) is 4.13. The lowest BCUT2D eigenvalue weighted by Crippen LogP contribution is -2.49. The van der Waals surface area contributed by atoms with Gasteiger partial charge in [0.1, 0.15) is 11.6 Å². The SMILES string of the molecule is CCC(C)n1ncc(C(=O)N2CCN(c3cc(C)nc(C(C)C)n3)CC2)c1C1CC1. The van der Waals surface area contributed by atoms with Crippen LogP contribution in [0.5, 0.6) is 0 Å². The minimum absolute atomic E-state index is 0.132. The summed E-state index contributed by atoms with van der Waals surface area (Å²) < 4.78 is 2.10. The van der Waals surface area contributed by atoms with Gasteiger partial charge in [0.15, 0.2) is 0 Å². The number of carbonyl (C=O) groups excluding carboxylic acids is 1. The smallest absolute Gasteiger partial charge is 0.257 e. The Morgan fingerprint density at radius 3 is 2.43 bits per heavy atom. The Morgan fingerprint density at radius 2 is 1.83 bits per heavy atom. The first kappa shape index (κ1) is 20.8. The Morgan fingerprint density at radius 1 is 1.13 bits per heavy atom. The Bertz CT molecular complexity index is 908. The van der Waals surface area contributed by atoms with Gasteiger partial charge >= 0.3 is 0 Å². The first-order valence-corrected chi connectivity index (χ1v) is 11.4. The number of anilines is 1. The second kappa shape index (κ2) is 8.36. The molecular formula is C23H34N6O. The lowest BCUT2D eigenvalue weighted by atomic mass is 10.1. The van der Waals surface area contributed by atoms with E-state index in [2.05, 4.69) is 47.4 Å². The highest BCUT2D eigenvalue weighted by atomic mass is 16.2. The molecule has 4 rings (SSSR count). The average molecular weight is 411 g/mol. The predicted octanol–water partition coefficient (Wildman–Crippen LogP) is 3.92. The number of aromatic nitrogens is 4. The minimum atomic E-state index is 0.132. The molecule has 0 spiro atoms. The number of rotatable bonds is 6. The van der Waals surface area contributed by atoms with Crippen molar-refractivity contribution >= 4 is 11.7 Å². The van der Waals surface area contributed by atoms with Crippen LogP contribution in [0.25, 0.3) is 0 Å². The number of hydrogen-bond donors (Lipinski definition) is 0. The largest absolute Gasteiger partial charge is 0.353 e. The van der Waals surface area contributed by atoms with Crippen LogP contribution >= 0.6 is 0 Å². The van der Waals surface area contributed by atoms with Gasteiger partial charge in [-0.25, -0.2) is 9.97 Å². The highest BCUT2D eigenvalue weighted by molar-refractivity contribution is 5.95. The lowest BCUT2D eigenvalue weighted by Gasteiger charge is -2.35. The summed E-state index contributed by atoms with van der Waals surface area (Å²) in [7, 11) is 0. The van der Waals surface area contributed by atoms with E-state index in [1.54, 1.807) is 6.20 Å². The number of aryl methyl sites for hydroxylation is 1. The van der Waals surface area contributed by atoms with Crippen LogP contribution in [0.4, 0.5) is 5.82 Å². The van der Waals surface area contributed by atoms with E-state index in [4.69, 9.17) is 4.98 Å². The summed E-state index contributed by atoms with van der Waals surface area (Å²) in [4.78, 5) is 26.9. The van der Waals surface area contributed by atoms with Gasteiger partial charge in [0.05, 0.1) is 17.5 Å². The molecule has 1 unspecified atom stereocenters. The topological polar surface area (TPSA) is 67.2 Å². The molecule has 2 aliphatic rings. The molecule has 30 heavy (non-hydrogen) atoms. The highest BCUT2D eigenvalue weighted by Gasteiger charge is 2.35. The molecule has 0 bridgehead atoms. The van der Waals surface area contributed by atoms with E-state index in [9.17, 15) is 4.79 Å². The van der Waals surface area contributed by atoms with Gasteiger partial charge in [-0.2, -0.15) is 5.10 Å². The van der Waals surface area contributed by atoms with Crippen LogP contribution in [-0.2, 0) is 0 Å². The molecule has 1 amide bonds. The molecule has 0 N–H and O–H groups in total. The zero-order valence-electron chi connectivity index (χ0n) is 18.9. The van der Waals surface area contributed by atoms with Gasteiger partial charge in [-0.3, -0.25) is 9.48 Å². The van der Waals surface area contributed by atoms with Gasteiger partial charge in [0.25, 0.3) is 5.91 Å². The van der Waals surface area contributed by atoms with Gasteiger partial charge in [0, 0.05) is 55.8 Å². The third kappa shape index (κ3) is 4.07. The number of amides is 1. The molecule has 1 atom stereocenters. The second-order valence-corrected chi connectivity index (χ2v) is 9.08. The van der Waals surface area contributed by atoms with Gasteiger partial charge < -0.3 is 9.80 Å². The maximum Gasteiger partial charge on any atom is 0.257 e. The van der Waals surface area contributed by atoms with E-state index in [0.29, 0.717) is 31.0 Å². The Balaban J connectivity index is 1.48. The first-order chi connectivity index (χ1) is 14.4. The molecule has 7 nitrogen and oxygen atoms in total. The Labute approximate surface area is 179 Å². The summed E-state index contributed by atoms with van der Waals surface area (Å²) in [5.41, 5.74) is 2.96. The predicted molar refractivity (Wildman–Crippen MR) is 118 cm³/mol. The fraction of sp³-hybridized carbons (Fsp3) is 0.652. The van der Waals surface area contributed by atoms with Crippen LogP contribution in [0.15, 0.2) is 12.3 Å². The Hall–Kier alpha value is -2.44.